The molecule has 2 rings (SSSR count). The molecule has 2 aromatic rings. The monoisotopic (exact) mass is 601 g/mol. The van der Waals surface area contributed by atoms with E-state index in [1.807, 2.05) is 7.11 Å². The fourth-order valence-corrected chi connectivity index (χ4v) is 39.6. The van der Waals surface area contributed by atoms with Crippen molar-refractivity contribution in [3.05, 3.63) is 57.6 Å². The zero-order chi connectivity index (χ0) is 28.4. The topological polar surface area (TPSA) is 9.23 Å². The van der Waals surface area contributed by atoms with Crippen molar-refractivity contribution in [1.29, 1.82) is 0 Å². The molecule has 0 saturated carbocycles. The zero-order valence-electron chi connectivity index (χ0n) is 26.7. The van der Waals surface area contributed by atoms with Crippen LogP contribution >= 0.6 is 0 Å². The molecule has 0 N–H and O–H groups in total. The minimum atomic E-state index is -1.96. The Morgan fingerprint density at radius 1 is 0.583 bits per heavy atom. The first kappa shape index (κ1) is 33.6. The van der Waals surface area contributed by atoms with Gasteiger partial charge in [-0.2, -0.15) is 0 Å². The second-order valence-electron chi connectivity index (χ2n) is 14.0. The molecule has 0 fully saturated rings. The molecule has 0 unspecified atom stereocenters. The Kier molecular flexibility index (Phi) is 11.4. The predicted molar refractivity (Wildman–Crippen MR) is 173 cm³/mol. The molecule has 0 saturated heterocycles. The maximum atomic E-state index is 6.09. The average molecular weight is 601 g/mol. The van der Waals surface area contributed by atoms with Gasteiger partial charge < -0.3 is 0 Å². The Balaban J connectivity index is 0.000000384. The molecule has 36 heavy (non-hydrogen) atoms. The van der Waals surface area contributed by atoms with E-state index in [9.17, 15) is 0 Å². The summed E-state index contributed by atoms with van der Waals surface area (Å²) < 4.78 is 9.03. The van der Waals surface area contributed by atoms with Gasteiger partial charge in [0.2, 0.25) is 0 Å². The Labute approximate surface area is 234 Å². The molecular weight excluding hydrogens is 545 g/mol. The Morgan fingerprint density at radius 2 is 0.833 bits per heavy atom. The second kappa shape index (κ2) is 12.2. The molecule has 5 heteroatoms. The van der Waals surface area contributed by atoms with Crippen molar-refractivity contribution in [3.63, 3.8) is 0 Å². The summed E-state index contributed by atoms with van der Waals surface area (Å²) in [6.07, 6.45) is 0. The third-order valence-corrected chi connectivity index (χ3v) is 42.7. The number of hydrogen-bond acceptors (Lipinski definition) is 1. The summed E-state index contributed by atoms with van der Waals surface area (Å²) in [5, 5.41) is 1.11. The summed E-state index contributed by atoms with van der Waals surface area (Å²) in [7, 11) is 1.03. The van der Waals surface area contributed by atoms with Gasteiger partial charge in [0.1, 0.15) is 0 Å². The van der Waals surface area contributed by atoms with E-state index >= 15 is 0 Å². The molecule has 2 aromatic carbocycles. The molecule has 0 aliphatic heterocycles. The van der Waals surface area contributed by atoms with Gasteiger partial charge in [0.05, 0.1) is 0 Å². The fourth-order valence-electron chi connectivity index (χ4n) is 4.56. The molecule has 0 spiro atoms. The van der Waals surface area contributed by atoms with Gasteiger partial charge in [-0.1, -0.05) is 67.7 Å². The van der Waals surface area contributed by atoms with Crippen molar-refractivity contribution in [2.24, 2.45) is 0 Å². The first-order valence-corrected chi connectivity index (χ1v) is 25.4. The first-order valence-electron chi connectivity index (χ1n) is 13.4. The number of rotatable bonds is 5. The van der Waals surface area contributed by atoms with Gasteiger partial charge in [-0.3, -0.25) is 0 Å². The Bertz CT molecular complexity index is 915. The maximum absolute atomic E-state index is 6.09. The van der Waals surface area contributed by atoms with E-state index < -0.39 is 29.9 Å². The molecule has 0 aliphatic carbocycles. The van der Waals surface area contributed by atoms with Crippen LogP contribution in [0.4, 0.5) is 0 Å². The van der Waals surface area contributed by atoms with Gasteiger partial charge in [0.25, 0.3) is 0 Å². The number of benzene rings is 2. The predicted octanol–water partition coefficient (Wildman–Crippen LogP) is 7.99. The van der Waals surface area contributed by atoms with Crippen molar-refractivity contribution in [2.45, 2.75) is 119 Å². The number of aryl methyl sites for hydroxylation is 6. The standard InChI is InChI=1S/C19H25GeO.C12H30Si3/c1-12-8-14(3)18(15(4)9-12)20(21-7)19-16(5)10-13(2)11-17(19)6;1-11(2,3)14(7,8)13-15(9,10)12(4,5)6/h8-11H,1-7H3;1-10H3. The molecule has 0 heterocycles. The third-order valence-electron chi connectivity index (χ3n) is 8.39. The third kappa shape index (κ3) is 8.29. The molecule has 0 aromatic heterocycles. The van der Waals surface area contributed by atoms with Crippen molar-refractivity contribution < 1.29 is 3.76 Å². The minimum absolute atomic E-state index is 0.557. The zero-order valence-corrected chi connectivity index (χ0v) is 31.8. The average Bonchev–Trinajstić information content (AvgIpc) is 2.63. The van der Waals surface area contributed by atoms with Crippen LogP contribution in [0, 0.1) is 41.5 Å². The summed E-state index contributed by atoms with van der Waals surface area (Å²) in [6, 6.07) is 9.14. The molecule has 201 valence electrons. The molecular formula is C31H55GeOSi3. The van der Waals surface area contributed by atoms with Gasteiger partial charge in [0, 0.05) is 23.7 Å². The van der Waals surface area contributed by atoms with E-state index in [4.69, 9.17) is 3.76 Å². The fraction of sp³-hybridized carbons (Fsp3) is 0.613. The number of hydrogen-bond donors (Lipinski definition) is 0. The van der Waals surface area contributed by atoms with Crippen molar-refractivity contribution in [2.75, 3.05) is 7.11 Å². The van der Waals surface area contributed by atoms with Gasteiger partial charge in [0.15, 0.2) is 0 Å². The summed E-state index contributed by atoms with van der Waals surface area (Å²) in [5.41, 5.74) is 8.18. The van der Waals surface area contributed by atoms with Crippen LogP contribution < -0.4 is 8.79 Å². The van der Waals surface area contributed by atoms with Crippen LogP contribution in [-0.2, 0) is 3.76 Å². The Morgan fingerprint density at radius 3 is 1.03 bits per heavy atom. The van der Waals surface area contributed by atoms with Gasteiger partial charge >= 0.3 is 134 Å². The molecule has 3 radical (unpaired) electrons. The van der Waals surface area contributed by atoms with Crippen LogP contribution in [0.5, 0.6) is 0 Å². The van der Waals surface area contributed by atoms with Crippen LogP contribution in [-0.4, -0.2) is 45.5 Å². The van der Waals surface area contributed by atoms with Gasteiger partial charge in [-0.05, 0) is 10.1 Å². The van der Waals surface area contributed by atoms with Crippen LogP contribution in [0.25, 0.3) is 0 Å². The van der Waals surface area contributed by atoms with E-state index in [-0.39, 0.29) is 0 Å². The van der Waals surface area contributed by atoms with E-state index in [2.05, 4.69) is 134 Å². The molecule has 0 amide bonds. The quantitative estimate of drug-likeness (QED) is 0.316. The van der Waals surface area contributed by atoms with E-state index in [0.717, 1.165) is 0 Å². The van der Waals surface area contributed by atoms with Gasteiger partial charge in [-0.15, -0.1) is 0 Å². The van der Waals surface area contributed by atoms with Crippen molar-refractivity contribution >= 4 is 47.2 Å². The molecule has 1 nitrogen and oxygen atoms in total. The van der Waals surface area contributed by atoms with Gasteiger partial charge in [-0.25, -0.2) is 0 Å². The summed E-state index contributed by atoms with van der Waals surface area (Å²) in [6.45, 7) is 38.2. The Hall–Kier alpha value is -0.406. The van der Waals surface area contributed by atoms with Crippen LogP contribution in [0.15, 0.2) is 24.3 Å². The normalized spacial score (nSPS) is 13.1. The summed E-state index contributed by atoms with van der Waals surface area (Å²) in [5.74, 6) is 0. The van der Waals surface area contributed by atoms with Crippen LogP contribution in [0.3, 0.4) is 0 Å². The molecule has 0 bridgehead atoms. The SMILES string of the molecule is CC(C)(C)[Si](C)(C)[Si][Si](C)(C)C(C)(C)C.C[O][Ge]([c]1c(C)cc(C)cc1C)[c]1c(C)cc(C)cc1C. The molecule has 0 aliphatic rings. The van der Waals surface area contributed by atoms with E-state index in [1.165, 1.54) is 50.7 Å². The van der Waals surface area contributed by atoms with Crippen molar-refractivity contribution in [1.82, 2.24) is 0 Å². The van der Waals surface area contributed by atoms with E-state index in [1.54, 1.807) is 0 Å². The summed E-state index contributed by atoms with van der Waals surface area (Å²) in [4.78, 5) is 0. The van der Waals surface area contributed by atoms with Crippen molar-refractivity contribution in [3.8, 4) is 0 Å². The van der Waals surface area contributed by atoms with Crippen LogP contribution in [0.1, 0.15) is 74.9 Å². The van der Waals surface area contributed by atoms with E-state index in [0.29, 0.717) is 10.1 Å². The molecule has 0 atom stereocenters. The van der Waals surface area contributed by atoms with Crippen LogP contribution in [0.2, 0.25) is 36.3 Å². The first-order chi connectivity index (χ1) is 16.1. The second-order valence-corrected chi connectivity index (χ2v) is 38.5. The summed E-state index contributed by atoms with van der Waals surface area (Å²) >= 11 is -1.96.